The Labute approximate surface area is 174 Å². The Balaban J connectivity index is 1.40. The van der Waals surface area contributed by atoms with Crippen LogP contribution in [0.15, 0.2) is 52.9 Å². The second kappa shape index (κ2) is 8.58. The van der Waals surface area contributed by atoms with Crippen LogP contribution < -0.4 is 10.6 Å². The van der Waals surface area contributed by atoms with Crippen LogP contribution in [0.25, 0.3) is 0 Å². The van der Waals surface area contributed by atoms with E-state index in [-0.39, 0.29) is 17.3 Å². The number of rotatable bonds is 8. The molecule has 2 N–H and O–H groups in total. The van der Waals surface area contributed by atoms with Crippen molar-refractivity contribution in [3.8, 4) is 0 Å². The van der Waals surface area contributed by atoms with E-state index in [1.165, 1.54) is 34.7 Å². The van der Waals surface area contributed by atoms with Crippen molar-refractivity contribution in [3.05, 3.63) is 69.8 Å². The summed E-state index contributed by atoms with van der Waals surface area (Å²) in [4.78, 5) is 23.4. The summed E-state index contributed by atoms with van der Waals surface area (Å²) in [5.41, 5.74) is 1.70. The van der Waals surface area contributed by atoms with Crippen LogP contribution in [0.5, 0.6) is 0 Å². The highest BCUT2D eigenvalue weighted by Crippen LogP contribution is 2.32. The summed E-state index contributed by atoms with van der Waals surface area (Å²) < 4.78 is 0.735. The molecule has 0 saturated heterocycles. The van der Waals surface area contributed by atoms with Crippen LogP contribution in [0, 0.1) is 10.1 Å². The summed E-state index contributed by atoms with van der Waals surface area (Å²) in [5.74, 6) is 0.298. The van der Waals surface area contributed by atoms with Gasteiger partial charge in [-0.15, -0.1) is 10.2 Å². The van der Waals surface area contributed by atoms with Crippen molar-refractivity contribution in [3.63, 3.8) is 0 Å². The summed E-state index contributed by atoms with van der Waals surface area (Å²) in [6.07, 6.45) is 2.00. The van der Waals surface area contributed by atoms with Gasteiger partial charge in [-0.05, 0) is 30.5 Å². The molecular weight excluding hydrogens is 410 g/mol. The minimum atomic E-state index is -0.481. The number of nitro groups is 1. The largest absolute Gasteiger partial charge is 0.377 e. The summed E-state index contributed by atoms with van der Waals surface area (Å²) in [7, 11) is 0. The van der Waals surface area contributed by atoms with Crippen LogP contribution in [0.1, 0.15) is 28.8 Å². The van der Waals surface area contributed by atoms with Crippen LogP contribution in [0.4, 0.5) is 16.5 Å². The number of aromatic nitrogens is 2. The molecule has 148 valence electrons. The first-order chi connectivity index (χ1) is 14.1. The number of nitro benzene ring substituents is 1. The number of carbonyl (C=O) groups excluding carboxylic acids is 1. The number of amides is 1. The lowest BCUT2D eigenvalue weighted by molar-refractivity contribution is -0.384. The van der Waals surface area contributed by atoms with Crippen molar-refractivity contribution in [2.45, 2.75) is 29.0 Å². The van der Waals surface area contributed by atoms with Crippen molar-refractivity contribution in [1.82, 2.24) is 10.2 Å². The Bertz CT molecular complexity index is 1040. The molecule has 8 nitrogen and oxygen atoms in total. The maximum absolute atomic E-state index is 12.5. The molecule has 1 heterocycles. The molecule has 1 saturated carbocycles. The number of nitrogens with one attached hydrogen (secondary N) is 2. The van der Waals surface area contributed by atoms with Crippen LogP contribution in [0.2, 0.25) is 0 Å². The second-order valence-corrected chi connectivity index (χ2v) is 8.71. The Morgan fingerprint density at radius 2 is 2.00 bits per heavy atom. The first-order valence-corrected chi connectivity index (χ1v) is 10.8. The summed E-state index contributed by atoms with van der Waals surface area (Å²) in [6, 6.07) is 14.7. The maximum Gasteiger partial charge on any atom is 0.293 e. The van der Waals surface area contributed by atoms with E-state index in [1.54, 1.807) is 12.1 Å². The molecule has 1 aromatic heterocycles. The summed E-state index contributed by atoms with van der Waals surface area (Å²) >= 11 is 2.80. The van der Waals surface area contributed by atoms with Gasteiger partial charge in [0, 0.05) is 23.4 Å². The normalized spacial score (nSPS) is 13.1. The number of anilines is 2. The van der Waals surface area contributed by atoms with E-state index in [0.717, 1.165) is 22.9 Å². The number of hydrogen-bond donors (Lipinski definition) is 2. The molecule has 29 heavy (non-hydrogen) atoms. The zero-order valence-corrected chi connectivity index (χ0v) is 16.8. The van der Waals surface area contributed by atoms with Crippen molar-refractivity contribution < 1.29 is 9.72 Å². The van der Waals surface area contributed by atoms with E-state index in [9.17, 15) is 14.9 Å². The average Bonchev–Trinajstić information content (AvgIpc) is 3.43. The van der Waals surface area contributed by atoms with E-state index in [1.807, 2.05) is 30.3 Å². The molecule has 1 fully saturated rings. The lowest BCUT2D eigenvalue weighted by Gasteiger charge is -2.07. The fourth-order valence-electron chi connectivity index (χ4n) is 2.60. The molecule has 0 spiro atoms. The van der Waals surface area contributed by atoms with Gasteiger partial charge < -0.3 is 5.32 Å². The topological polar surface area (TPSA) is 110 Å². The molecule has 1 amide bonds. The number of hydrogen-bond acceptors (Lipinski definition) is 8. The molecular formula is C19H17N5O3S2. The van der Waals surface area contributed by atoms with E-state index < -0.39 is 10.8 Å². The first-order valence-electron chi connectivity index (χ1n) is 8.95. The molecule has 0 bridgehead atoms. The third kappa shape index (κ3) is 5.09. The minimum absolute atomic E-state index is 0.110. The van der Waals surface area contributed by atoms with Gasteiger partial charge in [-0.25, -0.2) is 0 Å². The van der Waals surface area contributed by atoms with Gasteiger partial charge in [-0.2, -0.15) is 0 Å². The minimum Gasteiger partial charge on any atom is -0.377 e. The van der Waals surface area contributed by atoms with E-state index in [0.29, 0.717) is 10.8 Å². The zero-order valence-electron chi connectivity index (χ0n) is 15.2. The molecule has 0 radical (unpaired) electrons. The van der Waals surface area contributed by atoms with Gasteiger partial charge in [0.1, 0.15) is 5.69 Å². The fourth-order valence-corrected chi connectivity index (χ4v) is 4.30. The van der Waals surface area contributed by atoms with Crippen LogP contribution >= 0.6 is 23.1 Å². The predicted molar refractivity (Wildman–Crippen MR) is 114 cm³/mol. The van der Waals surface area contributed by atoms with Gasteiger partial charge in [-0.3, -0.25) is 20.2 Å². The van der Waals surface area contributed by atoms with Gasteiger partial charge in [-0.1, -0.05) is 53.4 Å². The van der Waals surface area contributed by atoms with Crippen LogP contribution in [0.3, 0.4) is 0 Å². The Hall–Kier alpha value is -2.98. The van der Waals surface area contributed by atoms with Gasteiger partial charge in [0.05, 0.1) is 4.92 Å². The second-order valence-electron chi connectivity index (χ2n) is 6.51. The number of thioether (sulfide) groups is 1. The van der Waals surface area contributed by atoms with E-state index >= 15 is 0 Å². The third-order valence-corrected chi connectivity index (χ3v) is 6.27. The Morgan fingerprint density at radius 1 is 1.21 bits per heavy atom. The number of carbonyl (C=O) groups is 1. The van der Waals surface area contributed by atoms with Gasteiger partial charge in [0.25, 0.3) is 11.6 Å². The quantitative estimate of drug-likeness (QED) is 0.235. The van der Waals surface area contributed by atoms with Crippen molar-refractivity contribution in [2.24, 2.45) is 0 Å². The molecule has 4 rings (SSSR count). The van der Waals surface area contributed by atoms with Gasteiger partial charge in [0.15, 0.2) is 4.34 Å². The lowest BCUT2D eigenvalue weighted by atomic mass is 10.1. The Morgan fingerprint density at radius 3 is 2.72 bits per heavy atom. The SMILES string of the molecule is O=C(Nc1nnc(SCc2ccccc2)s1)c1ccc(NC2CC2)c([N+](=O)[O-])c1. The maximum atomic E-state index is 12.5. The monoisotopic (exact) mass is 427 g/mol. The Kier molecular flexibility index (Phi) is 5.72. The van der Waals surface area contributed by atoms with E-state index in [2.05, 4.69) is 20.8 Å². The average molecular weight is 428 g/mol. The molecule has 3 aromatic rings. The predicted octanol–water partition coefficient (Wildman–Crippen LogP) is 4.57. The van der Waals surface area contributed by atoms with Crippen LogP contribution in [-0.2, 0) is 5.75 Å². The van der Waals surface area contributed by atoms with Crippen LogP contribution in [-0.4, -0.2) is 27.1 Å². The molecule has 2 aromatic carbocycles. The highest BCUT2D eigenvalue weighted by molar-refractivity contribution is 8.00. The van der Waals surface area contributed by atoms with Crippen molar-refractivity contribution >= 4 is 45.5 Å². The molecule has 0 aliphatic heterocycles. The molecule has 0 unspecified atom stereocenters. The highest BCUT2D eigenvalue weighted by atomic mass is 32.2. The standard InChI is InChI=1S/C19H17N5O3S2/c25-17(13-6-9-15(20-14-7-8-14)16(10-13)24(26)27)21-18-22-23-19(29-18)28-11-12-4-2-1-3-5-12/h1-6,9-10,14,20H,7-8,11H2,(H,21,22,25). The summed E-state index contributed by atoms with van der Waals surface area (Å²) in [5, 5.41) is 25.6. The van der Waals surface area contributed by atoms with E-state index in [4.69, 9.17) is 0 Å². The number of nitrogens with zero attached hydrogens (tertiary/aromatic N) is 3. The molecule has 0 atom stereocenters. The number of benzene rings is 2. The zero-order chi connectivity index (χ0) is 20.2. The smallest absolute Gasteiger partial charge is 0.293 e. The van der Waals surface area contributed by atoms with Gasteiger partial charge >= 0.3 is 0 Å². The first kappa shape index (κ1) is 19.3. The third-order valence-electron chi connectivity index (χ3n) is 4.23. The molecule has 10 heteroatoms. The summed E-state index contributed by atoms with van der Waals surface area (Å²) in [6.45, 7) is 0. The molecule has 1 aliphatic carbocycles. The van der Waals surface area contributed by atoms with Crippen molar-refractivity contribution in [2.75, 3.05) is 10.6 Å². The highest BCUT2D eigenvalue weighted by Gasteiger charge is 2.25. The fraction of sp³-hybridized carbons (Fsp3) is 0.211. The van der Waals surface area contributed by atoms with Crippen molar-refractivity contribution in [1.29, 1.82) is 0 Å². The molecule has 1 aliphatic rings. The lowest BCUT2D eigenvalue weighted by Crippen LogP contribution is -2.13. The van der Waals surface area contributed by atoms with Gasteiger partial charge in [0.2, 0.25) is 5.13 Å².